The summed E-state index contributed by atoms with van der Waals surface area (Å²) in [5.74, 6) is 0.489. The zero-order valence-electron chi connectivity index (χ0n) is 15.5. The van der Waals surface area contributed by atoms with Crippen molar-refractivity contribution in [2.45, 2.75) is 6.54 Å². The van der Waals surface area contributed by atoms with Crippen LogP contribution in [0.4, 0.5) is 11.6 Å². The van der Waals surface area contributed by atoms with E-state index in [0.29, 0.717) is 24.6 Å². The van der Waals surface area contributed by atoms with Gasteiger partial charge in [0, 0.05) is 55.1 Å². The Morgan fingerprint density at radius 3 is 2.72 bits per heavy atom. The molecule has 1 fully saturated rings. The van der Waals surface area contributed by atoms with Crippen molar-refractivity contribution < 1.29 is 4.92 Å². The molecule has 4 aromatic heterocycles. The zero-order valence-corrected chi connectivity index (χ0v) is 17.1. The number of nitrogens with zero attached hydrogens (tertiary/aromatic N) is 6. The second kappa shape index (κ2) is 7.54. The van der Waals surface area contributed by atoms with Crippen LogP contribution in [0.15, 0.2) is 46.6 Å². The third-order valence-electron chi connectivity index (χ3n) is 5.04. The third-order valence-corrected chi connectivity index (χ3v) is 6.66. The van der Waals surface area contributed by atoms with E-state index in [1.54, 1.807) is 45.4 Å². The summed E-state index contributed by atoms with van der Waals surface area (Å²) >= 11 is 3.35. The average molecular weight is 427 g/mol. The minimum atomic E-state index is -0.344. The largest absolute Gasteiger partial charge is 0.372 e. The molecule has 1 saturated heterocycles. The lowest BCUT2D eigenvalue weighted by atomic mass is 10.3. The molecule has 0 spiro atoms. The minimum absolute atomic E-state index is 0.0361. The summed E-state index contributed by atoms with van der Waals surface area (Å²) in [4.78, 5) is 24.9. The molecule has 4 aromatic rings. The van der Waals surface area contributed by atoms with Crippen molar-refractivity contribution in [2.75, 3.05) is 31.1 Å². The van der Waals surface area contributed by atoms with Crippen LogP contribution >= 0.6 is 22.7 Å². The maximum absolute atomic E-state index is 11.6. The first kappa shape index (κ1) is 18.2. The standard InChI is InChI=1S/C19H18N6O2S2/c26-25(27)19-17(21-16-3-1-2-5-24(16)19)23-8-6-22(7-9-23)11-15-13-29-18(20-15)14-4-10-28-12-14/h1-5,10,12-13H,6-9,11H2. The molecule has 5 rings (SSSR count). The van der Waals surface area contributed by atoms with Gasteiger partial charge in [-0.3, -0.25) is 4.90 Å². The van der Waals surface area contributed by atoms with Crippen molar-refractivity contribution in [1.82, 2.24) is 19.3 Å². The fourth-order valence-electron chi connectivity index (χ4n) is 3.60. The van der Waals surface area contributed by atoms with Gasteiger partial charge in [-0.25, -0.2) is 4.98 Å². The molecule has 0 aliphatic carbocycles. The monoisotopic (exact) mass is 426 g/mol. The number of thiazole rings is 1. The number of nitro groups is 1. The molecule has 0 aromatic carbocycles. The van der Waals surface area contributed by atoms with E-state index in [1.165, 1.54) is 5.56 Å². The molecule has 0 atom stereocenters. The van der Waals surface area contributed by atoms with Crippen molar-refractivity contribution in [3.63, 3.8) is 0 Å². The molecule has 0 N–H and O–H groups in total. The summed E-state index contributed by atoms with van der Waals surface area (Å²) in [5.41, 5.74) is 2.85. The first-order chi connectivity index (χ1) is 14.2. The van der Waals surface area contributed by atoms with E-state index in [4.69, 9.17) is 4.98 Å². The molecule has 0 bridgehead atoms. The topological polar surface area (TPSA) is 79.8 Å². The second-order valence-corrected chi connectivity index (χ2v) is 8.50. The van der Waals surface area contributed by atoms with Crippen molar-refractivity contribution >= 4 is 40.0 Å². The molecule has 0 unspecified atom stereocenters. The molecule has 29 heavy (non-hydrogen) atoms. The van der Waals surface area contributed by atoms with Crippen molar-refractivity contribution in [3.05, 3.63) is 62.4 Å². The maximum atomic E-state index is 11.6. The smallest absolute Gasteiger partial charge is 0.358 e. The van der Waals surface area contributed by atoms with Gasteiger partial charge in [-0.15, -0.1) is 11.3 Å². The first-order valence-corrected chi connectivity index (χ1v) is 11.1. The lowest BCUT2D eigenvalue weighted by Gasteiger charge is -2.34. The summed E-state index contributed by atoms with van der Waals surface area (Å²) in [7, 11) is 0. The summed E-state index contributed by atoms with van der Waals surface area (Å²) in [5, 5.41) is 19.0. The van der Waals surface area contributed by atoms with Gasteiger partial charge in [0.05, 0.1) is 11.9 Å². The molecule has 1 aliphatic rings. The first-order valence-electron chi connectivity index (χ1n) is 9.25. The van der Waals surface area contributed by atoms with Gasteiger partial charge in [0.25, 0.3) is 0 Å². The second-order valence-electron chi connectivity index (χ2n) is 6.86. The van der Waals surface area contributed by atoms with Crippen LogP contribution in [0.25, 0.3) is 16.2 Å². The highest BCUT2D eigenvalue weighted by Gasteiger charge is 2.29. The van der Waals surface area contributed by atoms with Gasteiger partial charge in [0.1, 0.15) is 5.01 Å². The van der Waals surface area contributed by atoms with E-state index in [-0.39, 0.29) is 10.7 Å². The van der Waals surface area contributed by atoms with Gasteiger partial charge in [-0.05, 0) is 22.4 Å². The van der Waals surface area contributed by atoms with Gasteiger partial charge < -0.3 is 15.0 Å². The summed E-state index contributed by atoms with van der Waals surface area (Å²) in [6.07, 6.45) is 1.69. The Labute approximate surface area is 174 Å². The van der Waals surface area contributed by atoms with Gasteiger partial charge in [0.2, 0.25) is 11.5 Å². The van der Waals surface area contributed by atoms with Crippen LogP contribution in [-0.2, 0) is 6.54 Å². The number of piperazine rings is 1. The number of anilines is 1. The number of hydrogen-bond acceptors (Lipinski definition) is 8. The highest BCUT2D eigenvalue weighted by molar-refractivity contribution is 7.14. The molecule has 5 heterocycles. The number of pyridine rings is 1. The van der Waals surface area contributed by atoms with E-state index in [1.807, 2.05) is 11.0 Å². The molecule has 0 radical (unpaired) electrons. The number of rotatable bonds is 5. The predicted molar refractivity (Wildman–Crippen MR) is 115 cm³/mol. The summed E-state index contributed by atoms with van der Waals surface area (Å²) < 4.78 is 1.54. The van der Waals surface area contributed by atoms with Crippen LogP contribution in [0.5, 0.6) is 0 Å². The lowest BCUT2D eigenvalue weighted by Crippen LogP contribution is -2.46. The van der Waals surface area contributed by atoms with E-state index in [2.05, 4.69) is 32.1 Å². The quantitative estimate of drug-likeness (QED) is 0.357. The van der Waals surface area contributed by atoms with E-state index < -0.39 is 0 Å². The number of hydrogen-bond donors (Lipinski definition) is 0. The molecule has 148 valence electrons. The molecular formula is C19H18N6O2S2. The molecule has 0 saturated carbocycles. The van der Waals surface area contributed by atoms with Gasteiger partial charge >= 0.3 is 5.82 Å². The Balaban J connectivity index is 1.28. The fourth-order valence-corrected chi connectivity index (χ4v) is 5.12. The average Bonchev–Trinajstić information content (AvgIpc) is 3.47. The Morgan fingerprint density at radius 2 is 1.97 bits per heavy atom. The molecular weight excluding hydrogens is 408 g/mol. The maximum Gasteiger partial charge on any atom is 0.372 e. The van der Waals surface area contributed by atoms with Crippen LogP contribution in [0.2, 0.25) is 0 Å². The van der Waals surface area contributed by atoms with Gasteiger partial charge in [0.15, 0.2) is 0 Å². The van der Waals surface area contributed by atoms with E-state index >= 15 is 0 Å². The SMILES string of the molecule is O=[N+]([O-])c1c(N2CCN(Cc3csc(-c4ccsc4)n3)CC2)nc2ccccn12. The van der Waals surface area contributed by atoms with E-state index in [0.717, 1.165) is 30.3 Å². The number of aromatic nitrogens is 3. The van der Waals surface area contributed by atoms with Crippen LogP contribution in [0.3, 0.4) is 0 Å². The molecule has 0 amide bonds. The lowest BCUT2D eigenvalue weighted by molar-refractivity contribution is -0.389. The van der Waals surface area contributed by atoms with Crippen LogP contribution in [0, 0.1) is 10.1 Å². The van der Waals surface area contributed by atoms with Crippen molar-refractivity contribution in [3.8, 4) is 10.6 Å². The molecule has 10 heteroatoms. The number of thiophene rings is 1. The fraction of sp³-hybridized carbons (Fsp3) is 0.263. The molecule has 8 nitrogen and oxygen atoms in total. The van der Waals surface area contributed by atoms with Crippen molar-refractivity contribution in [2.24, 2.45) is 0 Å². The Hall–Kier alpha value is -2.82. The number of fused-ring (bicyclic) bond motifs is 1. The van der Waals surface area contributed by atoms with Gasteiger partial charge in [-0.2, -0.15) is 20.7 Å². The van der Waals surface area contributed by atoms with Gasteiger partial charge in [-0.1, -0.05) is 6.07 Å². The Bertz CT molecular complexity index is 1140. The highest BCUT2D eigenvalue weighted by Crippen LogP contribution is 2.30. The molecule has 1 aliphatic heterocycles. The highest BCUT2D eigenvalue weighted by atomic mass is 32.1. The zero-order chi connectivity index (χ0) is 19.8. The van der Waals surface area contributed by atoms with Crippen LogP contribution < -0.4 is 4.90 Å². The normalized spacial score (nSPS) is 15.2. The predicted octanol–water partition coefficient (Wildman–Crippen LogP) is 3.75. The summed E-state index contributed by atoms with van der Waals surface area (Å²) in [6.45, 7) is 3.83. The third kappa shape index (κ3) is 3.50. The Morgan fingerprint density at radius 1 is 1.10 bits per heavy atom. The van der Waals surface area contributed by atoms with Crippen LogP contribution in [-0.4, -0.2) is 50.4 Å². The van der Waals surface area contributed by atoms with Crippen LogP contribution in [0.1, 0.15) is 5.69 Å². The summed E-state index contributed by atoms with van der Waals surface area (Å²) in [6, 6.07) is 7.50. The van der Waals surface area contributed by atoms with E-state index in [9.17, 15) is 10.1 Å². The number of imidazole rings is 1. The Kier molecular flexibility index (Phi) is 4.74. The van der Waals surface area contributed by atoms with Crippen molar-refractivity contribution in [1.29, 1.82) is 0 Å². The minimum Gasteiger partial charge on any atom is -0.358 e.